The number of amidine groups is 1. The molecule has 158 valence electrons. The number of carbonyl (C=O) groups is 1. The maximum Gasteiger partial charge on any atom is 0.387 e. The maximum atomic E-state index is 12.4. The standard InChI is InChI=1S/C19H15F4N3O2S2/c20-17(21)28-13-5-1-12(2-6-13)10-24-26-19-25-16(27)15(30-19)9-11-3-7-14(8-4-11)29-18(22)23/h1-8,10,15,17-18H,9H2,(H,25,26,27)/b24-10-/t15-/m1/s1. The van der Waals surface area contributed by atoms with Crippen molar-refractivity contribution in [3.05, 3.63) is 59.7 Å². The Balaban J connectivity index is 1.54. The Morgan fingerprint density at radius 2 is 1.80 bits per heavy atom. The van der Waals surface area contributed by atoms with Crippen molar-refractivity contribution in [1.29, 1.82) is 0 Å². The molecule has 1 aliphatic rings. The molecule has 0 aliphatic carbocycles. The number of thioether (sulfide) groups is 2. The van der Waals surface area contributed by atoms with Gasteiger partial charge < -0.3 is 10.1 Å². The van der Waals surface area contributed by atoms with Crippen molar-refractivity contribution in [2.24, 2.45) is 10.2 Å². The van der Waals surface area contributed by atoms with Crippen LogP contribution in [0.4, 0.5) is 17.6 Å². The summed E-state index contributed by atoms with van der Waals surface area (Å²) in [6.45, 7) is -2.89. The molecule has 1 amide bonds. The van der Waals surface area contributed by atoms with Crippen molar-refractivity contribution in [3.63, 3.8) is 0 Å². The zero-order valence-electron chi connectivity index (χ0n) is 15.2. The first-order valence-electron chi connectivity index (χ1n) is 8.56. The first-order valence-corrected chi connectivity index (χ1v) is 10.3. The lowest BCUT2D eigenvalue weighted by molar-refractivity contribution is -0.118. The van der Waals surface area contributed by atoms with E-state index in [1.165, 1.54) is 30.1 Å². The van der Waals surface area contributed by atoms with E-state index in [0.29, 0.717) is 33.8 Å². The molecule has 0 unspecified atom stereocenters. The SMILES string of the molecule is O=C1N/C(=N/N=C\c2ccc(OC(F)F)cc2)S[C@@H]1Cc1ccc(SC(F)F)cc1. The molecule has 0 aromatic heterocycles. The molecule has 0 radical (unpaired) electrons. The van der Waals surface area contributed by atoms with Crippen molar-refractivity contribution in [2.75, 3.05) is 0 Å². The van der Waals surface area contributed by atoms with E-state index < -0.39 is 17.6 Å². The lowest BCUT2D eigenvalue weighted by Crippen LogP contribution is -2.25. The molecule has 0 bridgehead atoms. The van der Waals surface area contributed by atoms with Crippen LogP contribution in [0.2, 0.25) is 0 Å². The largest absolute Gasteiger partial charge is 0.435 e. The summed E-state index contributed by atoms with van der Waals surface area (Å²) in [5.41, 5.74) is 1.46. The second-order valence-electron chi connectivity index (χ2n) is 5.92. The summed E-state index contributed by atoms with van der Waals surface area (Å²) in [5.74, 6) is -2.65. The predicted octanol–water partition coefficient (Wildman–Crippen LogP) is 4.77. The van der Waals surface area contributed by atoms with Crippen molar-refractivity contribution >= 4 is 40.8 Å². The molecule has 2 aromatic rings. The molecule has 11 heteroatoms. The highest BCUT2D eigenvalue weighted by molar-refractivity contribution is 8.15. The van der Waals surface area contributed by atoms with Crippen LogP contribution >= 0.6 is 23.5 Å². The average molecular weight is 457 g/mol. The molecule has 5 nitrogen and oxygen atoms in total. The van der Waals surface area contributed by atoms with Crippen LogP contribution in [-0.4, -0.2) is 34.9 Å². The number of rotatable bonds is 8. The lowest BCUT2D eigenvalue weighted by Gasteiger charge is -2.06. The first kappa shape index (κ1) is 22.2. The number of amides is 1. The summed E-state index contributed by atoms with van der Waals surface area (Å²) in [6.07, 6.45) is 1.84. The predicted molar refractivity (Wildman–Crippen MR) is 110 cm³/mol. The minimum absolute atomic E-state index is 0.0377. The van der Waals surface area contributed by atoms with Crippen LogP contribution in [-0.2, 0) is 11.2 Å². The Morgan fingerprint density at radius 3 is 2.43 bits per heavy atom. The topological polar surface area (TPSA) is 63.0 Å². The van der Waals surface area contributed by atoms with Crippen LogP contribution in [0.5, 0.6) is 5.75 Å². The van der Waals surface area contributed by atoms with Crippen molar-refractivity contribution in [1.82, 2.24) is 5.32 Å². The lowest BCUT2D eigenvalue weighted by atomic mass is 10.1. The van der Waals surface area contributed by atoms with Gasteiger partial charge in [0.1, 0.15) is 5.75 Å². The second-order valence-corrected chi connectivity index (χ2v) is 8.17. The highest BCUT2D eigenvalue weighted by Gasteiger charge is 2.30. The number of ether oxygens (including phenoxy) is 1. The zero-order valence-corrected chi connectivity index (χ0v) is 16.8. The first-order chi connectivity index (χ1) is 14.4. The molecule has 1 fully saturated rings. The number of nitrogens with one attached hydrogen (secondary N) is 1. The van der Waals surface area contributed by atoms with Crippen LogP contribution in [0.25, 0.3) is 0 Å². The van der Waals surface area contributed by atoms with Crippen LogP contribution in [0.1, 0.15) is 11.1 Å². The Hall–Kier alpha value is -2.53. The van der Waals surface area contributed by atoms with E-state index in [0.717, 1.165) is 5.56 Å². The summed E-state index contributed by atoms with van der Waals surface area (Å²) in [4.78, 5) is 12.6. The molecule has 1 atom stereocenters. The molecule has 1 heterocycles. The molecule has 0 saturated carbocycles. The second kappa shape index (κ2) is 10.5. The smallest absolute Gasteiger partial charge is 0.387 e. The van der Waals surface area contributed by atoms with Crippen molar-refractivity contribution in [2.45, 2.75) is 28.9 Å². The van der Waals surface area contributed by atoms with Gasteiger partial charge in [0.15, 0.2) is 5.17 Å². The molecule has 0 spiro atoms. The molecular formula is C19H15F4N3O2S2. The molecule has 1 N–H and O–H groups in total. The van der Waals surface area contributed by atoms with E-state index in [4.69, 9.17) is 0 Å². The van der Waals surface area contributed by atoms with Crippen LogP contribution in [0, 0.1) is 0 Å². The summed E-state index contributed by atoms with van der Waals surface area (Å²) in [7, 11) is 0. The number of halogens is 4. The van der Waals surface area contributed by atoms with Crippen LogP contribution in [0.15, 0.2) is 63.6 Å². The van der Waals surface area contributed by atoms with Crippen molar-refractivity contribution < 1.29 is 27.1 Å². The number of nitrogens with zero attached hydrogens (tertiary/aromatic N) is 2. The monoisotopic (exact) mass is 457 g/mol. The molecular weight excluding hydrogens is 442 g/mol. The van der Waals surface area contributed by atoms with Gasteiger partial charge in [-0.1, -0.05) is 35.7 Å². The highest BCUT2D eigenvalue weighted by atomic mass is 32.2. The van der Waals surface area contributed by atoms with E-state index in [9.17, 15) is 22.4 Å². The van der Waals surface area contributed by atoms with Gasteiger partial charge in [0.05, 0.1) is 11.5 Å². The van der Waals surface area contributed by atoms with Gasteiger partial charge in [0.2, 0.25) is 5.91 Å². The Bertz CT molecular complexity index is 922. The van der Waals surface area contributed by atoms with Gasteiger partial charge in [-0.3, -0.25) is 4.79 Å². The van der Waals surface area contributed by atoms with Gasteiger partial charge in [0.25, 0.3) is 5.76 Å². The third kappa shape index (κ3) is 6.77. The fourth-order valence-electron chi connectivity index (χ4n) is 2.49. The summed E-state index contributed by atoms with van der Waals surface area (Å²) in [5, 5.41) is 10.4. The maximum absolute atomic E-state index is 12.4. The molecule has 1 aliphatic heterocycles. The summed E-state index contributed by atoms with van der Waals surface area (Å²) < 4.78 is 53.2. The minimum Gasteiger partial charge on any atom is -0.435 e. The van der Waals surface area contributed by atoms with Crippen LogP contribution in [0.3, 0.4) is 0 Å². The average Bonchev–Trinajstić information content (AvgIpc) is 3.03. The van der Waals surface area contributed by atoms with Gasteiger partial charge >= 0.3 is 6.61 Å². The zero-order chi connectivity index (χ0) is 21.5. The summed E-state index contributed by atoms with van der Waals surface area (Å²) in [6, 6.07) is 12.5. The third-order valence-electron chi connectivity index (χ3n) is 3.81. The van der Waals surface area contributed by atoms with Gasteiger partial charge in [-0.2, -0.15) is 22.7 Å². The third-order valence-corrected chi connectivity index (χ3v) is 5.60. The normalized spacial score (nSPS) is 18.0. The number of carbonyl (C=O) groups excluding carboxylic acids is 1. The molecule has 3 rings (SSSR count). The number of hydrogen-bond donors (Lipinski definition) is 1. The Morgan fingerprint density at radius 1 is 1.10 bits per heavy atom. The minimum atomic E-state index is -2.89. The van der Waals surface area contributed by atoms with Crippen LogP contribution < -0.4 is 10.1 Å². The van der Waals surface area contributed by atoms with E-state index in [1.54, 1.807) is 36.4 Å². The highest BCUT2D eigenvalue weighted by Crippen LogP contribution is 2.27. The molecule has 30 heavy (non-hydrogen) atoms. The van der Waals surface area contributed by atoms with Gasteiger partial charge in [0, 0.05) is 4.90 Å². The van der Waals surface area contributed by atoms with E-state index in [-0.39, 0.29) is 11.7 Å². The van der Waals surface area contributed by atoms with E-state index in [2.05, 4.69) is 20.3 Å². The van der Waals surface area contributed by atoms with Crippen molar-refractivity contribution in [3.8, 4) is 5.75 Å². The summed E-state index contributed by atoms with van der Waals surface area (Å²) >= 11 is 1.69. The van der Waals surface area contributed by atoms with Gasteiger partial charge in [-0.25, -0.2) is 0 Å². The number of alkyl halides is 4. The number of hydrogen-bond acceptors (Lipinski definition) is 6. The van der Waals surface area contributed by atoms with E-state index >= 15 is 0 Å². The fourth-order valence-corrected chi connectivity index (χ4v) is 3.95. The Labute approximate surface area is 178 Å². The van der Waals surface area contributed by atoms with Gasteiger partial charge in [-0.05, 0) is 53.9 Å². The number of benzene rings is 2. The molecule has 1 saturated heterocycles. The Kier molecular flexibility index (Phi) is 7.75. The van der Waals surface area contributed by atoms with E-state index in [1.807, 2.05) is 0 Å². The van der Waals surface area contributed by atoms with Gasteiger partial charge in [-0.15, -0.1) is 5.10 Å². The quantitative estimate of drug-likeness (QED) is 0.269. The molecule has 2 aromatic carbocycles. The fraction of sp³-hybridized carbons (Fsp3) is 0.211.